The Morgan fingerprint density at radius 1 is 1.23 bits per heavy atom. The van der Waals surface area contributed by atoms with Gasteiger partial charge in [-0.1, -0.05) is 13.8 Å². The molecule has 8 nitrogen and oxygen atoms in total. The fourth-order valence-electron chi connectivity index (χ4n) is 3.68. The van der Waals surface area contributed by atoms with Gasteiger partial charge in [0, 0.05) is 24.2 Å². The maximum atomic E-state index is 14.1. The summed E-state index contributed by atoms with van der Waals surface area (Å²) in [5.41, 5.74) is -1.65. The van der Waals surface area contributed by atoms with Crippen LogP contribution in [0.4, 0.5) is 18.9 Å². The van der Waals surface area contributed by atoms with E-state index >= 15 is 0 Å². The number of fused-ring (bicyclic) bond motifs is 1. The van der Waals surface area contributed by atoms with E-state index in [9.17, 15) is 33.0 Å². The van der Waals surface area contributed by atoms with Crippen molar-refractivity contribution in [2.45, 2.75) is 30.5 Å². The molecule has 0 saturated heterocycles. The van der Waals surface area contributed by atoms with Crippen molar-refractivity contribution in [3.8, 4) is 5.88 Å². The third kappa shape index (κ3) is 5.35. The van der Waals surface area contributed by atoms with Gasteiger partial charge in [-0.25, -0.2) is 18.0 Å². The number of aromatic nitrogens is 2. The smallest absolute Gasteiger partial charge is 0.342 e. The fourth-order valence-corrected chi connectivity index (χ4v) is 5.86. The number of pyridine rings is 2. The quantitative estimate of drug-likeness (QED) is 0.176. The molecular formula is C22H20F3I2N3O5. The number of aliphatic hydroxyl groups is 1. The van der Waals surface area contributed by atoms with E-state index in [1.165, 1.54) is 17.7 Å². The minimum absolute atomic E-state index is 0.0436. The molecule has 0 saturated carbocycles. The molecule has 2 unspecified atom stereocenters. The Balaban J connectivity index is 2.28. The highest BCUT2D eigenvalue weighted by Crippen LogP contribution is 2.34. The summed E-state index contributed by atoms with van der Waals surface area (Å²) in [6, 6.07) is 1.70. The van der Waals surface area contributed by atoms with Crippen molar-refractivity contribution in [3.63, 3.8) is 0 Å². The molecule has 0 aliphatic carbocycles. The highest BCUT2D eigenvalue weighted by atomic mass is 127. The third-order valence-corrected chi connectivity index (χ3v) is 7.11. The Labute approximate surface area is 224 Å². The number of hydrogen-bond donors (Lipinski definition) is 3. The number of methoxy groups -OCH3 is 1. The lowest BCUT2D eigenvalue weighted by Gasteiger charge is -2.29. The van der Waals surface area contributed by atoms with E-state index in [2.05, 4.69) is 10.3 Å². The summed E-state index contributed by atoms with van der Waals surface area (Å²) in [5.74, 6) is -4.97. The zero-order valence-corrected chi connectivity index (χ0v) is 22.9. The standard InChI is InChI=1S/C22H20F3I2N3O5/c1-8(2)16(19(27)32)30-18(26)15(22(33)34)17(31)10-6-14(21(35-3)29-20(10)30)28-7-11-12(24)4-9(23)5-13(11)25/h4-6,8,16,19,28,32H,7H2,1-3H3,(H,33,34). The predicted octanol–water partition coefficient (Wildman–Crippen LogP) is 4.69. The van der Waals surface area contributed by atoms with Gasteiger partial charge in [0.15, 0.2) is 0 Å². The number of carboxylic acids is 1. The summed E-state index contributed by atoms with van der Waals surface area (Å²) in [4.78, 5) is 29.5. The molecule has 3 aromatic rings. The third-order valence-electron chi connectivity index (χ3n) is 5.32. The normalized spacial score (nSPS) is 13.2. The van der Waals surface area contributed by atoms with E-state index in [0.717, 1.165) is 0 Å². The van der Waals surface area contributed by atoms with Crippen LogP contribution < -0.4 is 15.5 Å². The zero-order valence-electron chi connectivity index (χ0n) is 18.6. The van der Waals surface area contributed by atoms with Crippen LogP contribution in [0.25, 0.3) is 11.0 Å². The molecule has 0 bridgehead atoms. The SMILES string of the molecule is COc1nc2c(cc1NCc1c(F)cc(F)cc1F)c(=O)c(C(=O)O)c(I)n2C(C(C)C)C(O)I. The molecular weight excluding hydrogens is 697 g/mol. The maximum Gasteiger partial charge on any atom is 0.342 e. The Bertz CT molecular complexity index is 1330. The van der Waals surface area contributed by atoms with Crippen LogP contribution in [0.15, 0.2) is 23.0 Å². The zero-order chi connectivity index (χ0) is 26.2. The Morgan fingerprint density at radius 2 is 1.83 bits per heavy atom. The van der Waals surface area contributed by atoms with E-state index in [1.54, 1.807) is 45.2 Å². The first-order valence-electron chi connectivity index (χ1n) is 10.1. The molecule has 35 heavy (non-hydrogen) atoms. The molecule has 3 N–H and O–H groups in total. The number of aromatic carboxylic acids is 1. The van der Waals surface area contributed by atoms with Crippen molar-refractivity contribution in [2.75, 3.05) is 12.4 Å². The summed E-state index contributed by atoms with van der Waals surface area (Å²) in [7, 11) is 1.30. The van der Waals surface area contributed by atoms with Crippen molar-refractivity contribution in [1.29, 1.82) is 0 Å². The van der Waals surface area contributed by atoms with Gasteiger partial charge in [-0.2, -0.15) is 4.98 Å². The van der Waals surface area contributed by atoms with Crippen LogP contribution in [-0.4, -0.2) is 37.0 Å². The van der Waals surface area contributed by atoms with E-state index in [1.807, 2.05) is 13.8 Å². The number of carboxylic acid groups (broad SMARTS) is 1. The number of hydrogen-bond acceptors (Lipinski definition) is 6. The van der Waals surface area contributed by atoms with Gasteiger partial charge < -0.3 is 24.8 Å². The number of nitrogens with zero attached hydrogens (tertiary/aromatic N) is 2. The van der Waals surface area contributed by atoms with Crippen LogP contribution in [0, 0.1) is 27.1 Å². The summed E-state index contributed by atoms with van der Waals surface area (Å²) in [5, 5.41) is 22.8. The van der Waals surface area contributed by atoms with Gasteiger partial charge in [0.1, 0.15) is 36.5 Å². The summed E-state index contributed by atoms with van der Waals surface area (Å²) < 4.78 is 47.3. The average molecular weight is 717 g/mol. The lowest BCUT2D eigenvalue weighted by molar-refractivity contribution is 0.0692. The number of anilines is 1. The second kappa shape index (κ2) is 10.9. The van der Waals surface area contributed by atoms with Gasteiger partial charge in [0.25, 0.3) is 0 Å². The first-order valence-corrected chi connectivity index (χ1v) is 12.5. The van der Waals surface area contributed by atoms with Crippen molar-refractivity contribution >= 4 is 67.9 Å². The molecule has 0 fully saturated rings. The van der Waals surface area contributed by atoms with Gasteiger partial charge in [-0.3, -0.25) is 4.79 Å². The Kier molecular flexibility index (Phi) is 8.52. The van der Waals surface area contributed by atoms with Crippen LogP contribution in [0.3, 0.4) is 0 Å². The number of halogens is 5. The maximum absolute atomic E-state index is 14.1. The van der Waals surface area contributed by atoms with E-state index < -0.39 is 56.7 Å². The molecule has 0 aliphatic heterocycles. The minimum atomic E-state index is -1.46. The van der Waals surface area contributed by atoms with Gasteiger partial charge in [-0.15, -0.1) is 0 Å². The largest absolute Gasteiger partial charge is 0.479 e. The molecule has 13 heteroatoms. The molecule has 2 heterocycles. The van der Waals surface area contributed by atoms with E-state index in [-0.39, 0.29) is 32.2 Å². The van der Waals surface area contributed by atoms with Gasteiger partial charge >= 0.3 is 5.97 Å². The average Bonchev–Trinajstić information content (AvgIpc) is 2.74. The Hall–Kier alpha value is -2.14. The van der Waals surface area contributed by atoms with Crippen molar-refractivity contribution < 1.29 is 32.9 Å². The molecule has 0 spiro atoms. The number of aliphatic hydroxyl groups excluding tert-OH is 1. The number of rotatable bonds is 8. The van der Waals surface area contributed by atoms with Crippen molar-refractivity contribution in [1.82, 2.24) is 9.55 Å². The lowest BCUT2D eigenvalue weighted by Crippen LogP contribution is -2.31. The van der Waals surface area contributed by atoms with E-state index in [0.29, 0.717) is 12.1 Å². The van der Waals surface area contributed by atoms with Crippen LogP contribution in [0.5, 0.6) is 5.88 Å². The predicted molar refractivity (Wildman–Crippen MR) is 140 cm³/mol. The number of nitrogens with one attached hydrogen (secondary N) is 1. The second-order valence-corrected chi connectivity index (χ2v) is 10.2. The number of ether oxygens (including phenoxy) is 1. The minimum Gasteiger partial charge on any atom is -0.479 e. The number of benzene rings is 1. The van der Waals surface area contributed by atoms with Crippen molar-refractivity contribution in [3.05, 3.63) is 60.7 Å². The first kappa shape index (κ1) is 27.4. The summed E-state index contributed by atoms with van der Waals surface area (Å²) in [6.07, 6.45) is 0. The lowest BCUT2D eigenvalue weighted by atomic mass is 10.0. The van der Waals surface area contributed by atoms with Gasteiger partial charge in [0.05, 0.1) is 24.2 Å². The number of alkyl halides is 1. The van der Waals surface area contributed by atoms with Crippen LogP contribution in [0.2, 0.25) is 0 Å². The molecule has 0 amide bonds. The fraction of sp³-hybridized carbons (Fsp3) is 0.318. The highest BCUT2D eigenvalue weighted by molar-refractivity contribution is 14.1. The second-order valence-electron chi connectivity index (χ2n) is 7.90. The van der Waals surface area contributed by atoms with Crippen molar-refractivity contribution in [2.24, 2.45) is 5.92 Å². The molecule has 0 radical (unpaired) electrons. The van der Waals surface area contributed by atoms with Crippen LogP contribution in [0.1, 0.15) is 35.8 Å². The molecule has 3 rings (SSSR count). The first-order chi connectivity index (χ1) is 16.4. The molecule has 188 valence electrons. The monoisotopic (exact) mass is 717 g/mol. The van der Waals surface area contributed by atoms with Gasteiger partial charge in [0.2, 0.25) is 11.3 Å². The highest BCUT2D eigenvalue weighted by Gasteiger charge is 2.31. The topological polar surface area (TPSA) is 114 Å². The van der Waals surface area contributed by atoms with Crippen LogP contribution in [-0.2, 0) is 6.54 Å². The van der Waals surface area contributed by atoms with E-state index in [4.69, 9.17) is 4.74 Å². The molecule has 1 aromatic carbocycles. The number of carbonyl (C=O) groups is 1. The van der Waals surface area contributed by atoms with Gasteiger partial charge in [-0.05, 0) is 57.2 Å². The molecule has 2 aromatic heterocycles. The Morgan fingerprint density at radius 3 is 2.31 bits per heavy atom. The molecule has 2 atom stereocenters. The summed E-state index contributed by atoms with van der Waals surface area (Å²) >= 11 is 3.54. The van der Waals surface area contributed by atoms with Crippen LogP contribution >= 0.6 is 45.2 Å². The summed E-state index contributed by atoms with van der Waals surface area (Å²) in [6.45, 7) is 3.21. The molecule has 0 aliphatic rings.